The molecule has 0 unspecified atom stereocenters. The summed E-state index contributed by atoms with van der Waals surface area (Å²) >= 11 is 2.81. The van der Waals surface area contributed by atoms with Crippen LogP contribution in [0.25, 0.3) is 0 Å². The molecule has 0 aliphatic heterocycles. The third-order valence-corrected chi connectivity index (χ3v) is 3.36. The van der Waals surface area contributed by atoms with Crippen molar-refractivity contribution in [3.63, 3.8) is 0 Å². The maximum atomic E-state index is 12.9. The normalized spacial score (nSPS) is 10.7. The van der Waals surface area contributed by atoms with Crippen molar-refractivity contribution in [3.8, 4) is 0 Å². The molecule has 0 spiro atoms. The smallest absolute Gasteiger partial charge is 0.267 e. The van der Waals surface area contributed by atoms with Crippen molar-refractivity contribution in [1.29, 1.82) is 0 Å². The second-order valence-electron chi connectivity index (χ2n) is 4.22. The van der Waals surface area contributed by atoms with E-state index in [1.54, 1.807) is 0 Å². The minimum Gasteiger partial charge on any atom is -0.396 e. The molecule has 0 atom stereocenters. The van der Waals surface area contributed by atoms with Gasteiger partial charge in [-0.25, -0.2) is 26.3 Å². The molecule has 0 aliphatic rings. The number of hydrogen-bond donors (Lipinski definition) is 2. The van der Waals surface area contributed by atoms with Crippen molar-refractivity contribution in [3.05, 3.63) is 57.6 Å². The Hall–Kier alpha value is -1.90. The molecule has 2 nitrogen and oxygen atoms in total. The summed E-state index contributed by atoms with van der Waals surface area (Å²) in [7, 11) is 0. The van der Waals surface area contributed by atoms with Gasteiger partial charge in [0.2, 0.25) is 0 Å². The van der Waals surface area contributed by atoms with E-state index >= 15 is 0 Å². The third-order valence-electron chi connectivity index (χ3n) is 2.67. The molecule has 0 heterocycles. The first-order valence-corrected chi connectivity index (χ1v) is 6.79. The average Bonchev–Trinajstić information content (AvgIpc) is 2.46. The Bertz CT molecular complexity index is 679. The lowest BCUT2D eigenvalue weighted by Gasteiger charge is -2.06. The highest BCUT2D eigenvalue weighted by Crippen LogP contribution is 2.32. The maximum absolute atomic E-state index is 12.9. The molecular weight excluding hydrogens is 390 g/mol. The van der Waals surface area contributed by atoms with Crippen molar-refractivity contribution in [2.75, 3.05) is 11.5 Å². The molecule has 2 aromatic rings. The molecule has 0 saturated heterocycles. The molecule has 9 heteroatoms. The van der Waals surface area contributed by atoms with Crippen LogP contribution in [0.4, 0.5) is 37.7 Å². The number of benzene rings is 2. The van der Waals surface area contributed by atoms with Crippen LogP contribution in [0.2, 0.25) is 0 Å². The molecule has 0 aliphatic carbocycles. The van der Waals surface area contributed by atoms with Gasteiger partial charge < -0.3 is 11.5 Å². The Morgan fingerprint density at radius 1 is 0.783 bits per heavy atom. The first-order chi connectivity index (χ1) is 10.7. The van der Waals surface area contributed by atoms with Crippen molar-refractivity contribution < 1.29 is 26.3 Å². The molecule has 0 bridgehead atoms. The second-order valence-corrected chi connectivity index (χ2v) is 5.07. The quantitative estimate of drug-likeness (QED) is 0.519. The van der Waals surface area contributed by atoms with Gasteiger partial charge in [0.25, 0.3) is 12.9 Å². The monoisotopic (exact) mass is 400 g/mol. The highest BCUT2D eigenvalue weighted by Gasteiger charge is 2.18. The number of halogens is 7. The van der Waals surface area contributed by atoms with E-state index in [1.165, 1.54) is 24.3 Å². The van der Waals surface area contributed by atoms with Crippen molar-refractivity contribution in [2.45, 2.75) is 12.9 Å². The van der Waals surface area contributed by atoms with Gasteiger partial charge >= 0.3 is 0 Å². The lowest BCUT2D eigenvalue weighted by Crippen LogP contribution is -1.98. The standard InChI is InChI=1S/C7H5BrF3N.C7H6F3N/c8-3-1-2-4(12)6(9)5(3)7(10)11;8-6-4(7(9)10)2-1-3-5(6)11/h1-2,7H,12H2;1-3,7H,11H2. The van der Waals surface area contributed by atoms with Gasteiger partial charge in [-0.3, -0.25) is 0 Å². The molecule has 23 heavy (non-hydrogen) atoms. The number of rotatable bonds is 2. The van der Waals surface area contributed by atoms with Crippen LogP contribution in [0.15, 0.2) is 34.8 Å². The zero-order valence-electron chi connectivity index (χ0n) is 11.3. The van der Waals surface area contributed by atoms with Gasteiger partial charge in [-0.05, 0) is 18.2 Å². The van der Waals surface area contributed by atoms with E-state index < -0.39 is 35.6 Å². The zero-order valence-corrected chi connectivity index (χ0v) is 12.9. The third kappa shape index (κ3) is 4.78. The number of nitrogen functional groups attached to an aromatic ring is 2. The van der Waals surface area contributed by atoms with Gasteiger partial charge in [0.05, 0.1) is 22.5 Å². The fourth-order valence-electron chi connectivity index (χ4n) is 1.52. The van der Waals surface area contributed by atoms with Crippen LogP contribution in [0.1, 0.15) is 24.0 Å². The maximum Gasteiger partial charge on any atom is 0.267 e. The Morgan fingerprint density at radius 2 is 1.35 bits per heavy atom. The summed E-state index contributed by atoms with van der Waals surface area (Å²) in [5.41, 5.74) is 8.30. The molecule has 0 fully saturated rings. The highest BCUT2D eigenvalue weighted by molar-refractivity contribution is 9.10. The first kappa shape index (κ1) is 19.1. The number of anilines is 2. The molecule has 0 saturated carbocycles. The fraction of sp³-hybridized carbons (Fsp3) is 0.143. The Kier molecular flexibility index (Phi) is 6.74. The summed E-state index contributed by atoms with van der Waals surface area (Å²) in [5.74, 6) is -2.08. The first-order valence-electron chi connectivity index (χ1n) is 6.00. The summed E-state index contributed by atoms with van der Waals surface area (Å²) in [4.78, 5) is 0. The van der Waals surface area contributed by atoms with E-state index in [0.29, 0.717) is 0 Å². The summed E-state index contributed by atoms with van der Waals surface area (Å²) < 4.78 is 73.7. The summed E-state index contributed by atoms with van der Waals surface area (Å²) in [6, 6.07) is 6.06. The molecule has 126 valence electrons. The van der Waals surface area contributed by atoms with Crippen LogP contribution in [0.3, 0.4) is 0 Å². The van der Waals surface area contributed by atoms with E-state index in [9.17, 15) is 26.3 Å². The minimum atomic E-state index is -2.86. The van der Waals surface area contributed by atoms with E-state index in [0.717, 1.165) is 6.07 Å². The Morgan fingerprint density at radius 3 is 1.78 bits per heavy atom. The van der Waals surface area contributed by atoms with Crippen LogP contribution in [-0.2, 0) is 0 Å². The topological polar surface area (TPSA) is 52.0 Å². The van der Waals surface area contributed by atoms with Crippen LogP contribution in [-0.4, -0.2) is 0 Å². The highest BCUT2D eigenvalue weighted by atomic mass is 79.9. The fourth-order valence-corrected chi connectivity index (χ4v) is 2.00. The predicted octanol–water partition coefficient (Wildman–Crippen LogP) is 5.45. The molecular formula is C14H11BrF6N2. The van der Waals surface area contributed by atoms with E-state index in [2.05, 4.69) is 15.9 Å². The molecule has 2 aromatic carbocycles. The summed E-state index contributed by atoms with van der Waals surface area (Å²) in [5, 5.41) is 0. The number of alkyl halides is 4. The van der Waals surface area contributed by atoms with Gasteiger partial charge in [0.15, 0.2) is 11.6 Å². The van der Waals surface area contributed by atoms with Crippen LogP contribution in [0.5, 0.6) is 0 Å². The van der Waals surface area contributed by atoms with E-state index in [4.69, 9.17) is 11.5 Å². The van der Waals surface area contributed by atoms with Gasteiger partial charge in [0, 0.05) is 4.47 Å². The van der Waals surface area contributed by atoms with Gasteiger partial charge in [0.1, 0.15) is 0 Å². The van der Waals surface area contributed by atoms with Crippen molar-refractivity contribution >= 4 is 27.3 Å². The van der Waals surface area contributed by atoms with E-state index in [-0.39, 0.29) is 15.8 Å². The molecule has 0 amide bonds. The van der Waals surface area contributed by atoms with Gasteiger partial charge in [-0.15, -0.1) is 0 Å². The van der Waals surface area contributed by atoms with Crippen LogP contribution in [0, 0.1) is 11.6 Å². The molecule has 4 N–H and O–H groups in total. The van der Waals surface area contributed by atoms with Crippen molar-refractivity contribution in [2.24, 2.45) is 0 Å². The van der Waals surface area contributed by atoms with Gasteiger partial charge in [-0.1, -0.05) is 28.1 Å². The van der Waals surface area contributed by atoms with E-state index in [1.807, 2.05) is 0 Å². The van der Waals surface area contributed by atoms with Crippen LogP contribution < -0.4 is 11.5 Å². The largest absolute Gasteiger partial charge is 0.396 e. The molecule has 0 aromatic heterocycles. The second kappa shape index (κ2) is 8.09. The number of nitrogens with two attached hydrogens (primary N) is 2. The molecule has 0 radical (unpaired) electrons. The van der Waals surface area contributed by atoms with Crippen molar-refractivity contribution in [1.82, 2.24) is 0 Å². The van der Waals surface area contributed by atoms with Gasteiger partial charge in [-0.2, -0.15) is 0 Å². The lowest BCUT2D eigenvalue weighted by atomic mass is 10.2. The Balaban J connectivity index is 0.000000231. The summed E-state index contributed by atoms with van der Waals surface area (Å²) in [6.07, 6.45) is -5.67. The average molecular weight is 401 g/mol. The SMILES string of the molecule is Nc1ccc(Br)c(C(F)F)c1F.Nc1cccc(C(F)F)c1F. The summed E-state index contributed by atoms with van der Waals surface area (Å²) in [6.45, 7) is 0. The van der Waals surface area contributed by atoms with Crippen LogP contribution >= 0.6 is 15.9 Å². The number of hydrogen-bond acceptors (Lipinski definition) is 2. The minimum absolute atomic E-state index is 0.0317. The lowest BCUT2D eigenvalue weighted by molar-refractivity contribution is 0.145. The predicted molar refractivity (Wildman–Crippen MR) is 79.2 cm³/mol. The molecule has 2 rings (SSSR count). The Labute approximate surface area is 136 Å². The zero-order chi connectivity index (χ0) is 17.7.